The van der Waals surface area contributed by atoms with Gasteiger partial charge in [-0.25, -0.2) is 9.36 Å². The van der Waals surface area contributed by atoms with Gasteiger partial charge in [-0.2, -0.15) is 0 Å². The number of amides is 1. The van der Waals surface area contributed by atoms with Crippen molar-refractivity contribution in [2.75, 3.05) is 19.8 Å². The third-order valence-corrected chi connectivity index (χ3v) is 12.9. The lowest BCUT2D eigenvalue weighted by Crippen LogP contribution is -2.43. The van der Waals surface area contributed by atoms with Gasteiger partial charge in [0.1, 0.15) is 12.7 Å². The zero-order valence-corrected chi connectivity index (χ0v) is 43.2. The molecule has 386 valence electrons. The summed E-state index contributed by atoms with van der Waals surface area (Å²) >= 11 is 0. The fraction of sp³-hybridized carbons (Fsp3) is 0.833. The number of aliphatic carboxylic acids is 1. The molecule has 0 saturated heterocycles. The Hall–Kier alpha value is -2.30. The minimum absolute atomic E-state index is 0.138. The van der Waals surface area contributed by atoms with Crippen LogP contribution in [0, 0.1) is 0 Å². The highest BCUT2D eigenvalue weighted by Gasteiger charge is 2.28. The number of aliphatic hydroxyl groups is 1. The predicted octanol–water partition coefficient (Wildman–Crippen LogP) is 15.1. The Bertz CT molecular complexity index is 1260. The van der Waals surface area contributed by atoms with Crippen LogP contribution in [0.15, 0.2) is 36.5 Å². The molecule has 0 spiro atoms. The second kappa shape index (κ2) is 49.1. The van der Waals surface area contributed by atoms with E-state index in [1.165, 1.54) is 154 Å². The molecule has 11 nitrogen and oxygen atoms in total. The zero-order valence-electron chi connectivity index (χ0n) is 42.3. The van der Waals surface area contributed by atoms with E-state index in [1.807, 2.05) is 0 Å². The lowest BCUT2D eigenvalue weighted by molar-refractivity contribution is -0.147. The number of ether oxygens (including phenoxy) is 1. The third kappa shape index (κ3) is 48.2. The van der Waals surface area contributed by atoms with Crippen molar-refractivity contribution in [3.63, 3.8) is 0 Å². The van der Waals surface area contributed by atoms with Crippen molar-refractivity contribution >= 4 is 25.7 Å². The summed E-state index contributed by atoms with van der Waals surface area (Å²) in [5, 5.41) is 22.0. The maximum Gasteiger partial charge on any atom is 0.472 e. The second-order valence-corrected chi connectivity index (χ2v) is 19.9. The van der Waals surface area contributed by atoms with Gasteiger partial charge < -0.3 is 25.2 Å². The lowest BCUT2D eigenvalue weighted by atomic mass is 10.0. The molecule has 0 aromatic heterocycles. The molecular weight excluding hydrogens is 854 g/mol. The fourth-order valence-electron chi connectivity index (χ4n) is 7.74. The van der Waals surface area contributed by atoms with E-state index in [0.717, 1.165) is 64.2 Å². The lowest BCUT2D eigenvalue weighted by Gasteiger charge is -2.18. The number of carbonyl (C=O) groups is 3. The molecule has 0 aromatic rings. The molecule has 3 unspecified atom stereocenters. The molecule has 0 aliphatic heterocycles. The summed E-state index contributed by atoms with van der Waals surface area (Å²) in [6.45, 7) is 2.61. The normalized spacial score (nSPS) is 13.8. The highest BCUT2D eigenvalue weighted by atomic mass is 31.2. The number of nitrogens with one attached hydrogen (secondary N) is 1. The number of phosphoric acid groups is 1. The van der Waals surface area contributed by atoms with Gasteiger partial charge in [0.05, 0.1) is 13.2 Å². The van der Waals surface area contributed by atoms with E-state index in [9.17, 15) is 34.1 Å². The average molecular weight is 954 g/mol. The van der Waals surface area contributed by atoms with Gasteiger partial charge in [0.15, 0.2) is 6.04 Å². The summed E-state index contributed by atoms with van der Waals surface area (Å²) in [6, 6.07) is -1.55. The highest BCUT2D eigenvalue weighted by molar-refractivity contribution is 7.47. The van der Waals surface area contributed by atoms with Crippen molar-refractivity contribution in [2.45, 2.75) is 270 Å². The molecule has 3 atom stereocenters. The largest absolute Gasteiger partial charge is 0.480 e. The molecule has 0 aromatic carbocycles. The molecule has 1 amide bonds. The Labute approximate surface area is 403 Å². The summed E-state index contributed by atoms with van der Waals surface area (Å²) < 4.78 is 27.0. The Morgan fingerprint density at radius 2 is 0.833 bits per heavy atom. The topological polar surface area (TPSA) is 169 Å². The first-order valence-electron chi connectivity index (χ1n) is 27.0. The van der Waals surface area contributed by atoms with Gasteiger partial charge in [-0.1, -0.05) is 230 Å². The molecule has 0 saturated carbocycles. The summed E-state index contributed by atoms with van der Waals surface area (Å²) in [5.74, 6) is -2.37. The van der Waals surface area contributed by atoms with E-state index in [4.69, 9.17) is 13.8 Å². The Balaban J connectivity index is 3.80. The Morgan fingerprint density at radius 3 is 1.27 bits per heavy atom. The van der Waals surface area contributed by atoms with Gasteiger partial charge in [-0.05, 0) is 51.4 Å². The highest BCUT2D eigenvalue weighted by Crippen LogP contribution is 2.43. The van der Waals surface area contributed by atoms with Crippen LogP contribution in [0.1, 0.15) is 258 Å². The maximum atomic E-state index is 12.4. The monoisotopic (exact) mass is 954 g/mol. The van der Waals surface area contributed by atoms with Crippen molar-refractivity contribution in [1.29, 1.82) is 0 Å². The maximum absolute atomic E-state index is 12.4. The minimum Gasteiger partial charge on any atom is -0.480 e. The number of carboxylic acid groups (broad SMARTS) is 1. The standard InChI is InChI=1S/C54H100NO10P/c1-3-5-7-9-11-13-15-17-19-21-23-25-27-29-31-33-35-37-39-41-43-45-52(57)55-51(54(59)60)49-65-66(61,62)64-48-50(56)47-63-53(58)46-44-42-40-38-36-34-32-30-28-26-24-22-20-18-16-14-12-10-8-6-4-2/h11,13,17,19,23,25,50-51,56H,3-10,12,14-16,18,20-22,24,26-49H2,1-2H3,(H,55,57)(H,59,60)(H,61,62)/b13-11-,19-17-,25-23-. The van der Waals surface area contributed by atoms with E-state index < -0.39 is 57.6 Å². The predicted molar refractivity (Wildman–Crippen MR) is 272 cm³/mol. The number of unbranched alkanes of at least 4 members (excludes halogenated alkanes) is 31. The first kappa shape index (κ1) is 63.7. The quantitative estimate of drug-likeness (QED) is 0.0199. The van der Waals surface area contributed by atoms with Crippen LogP contribution in [0.25, 0.3) is 0 Å². The number of carbonyl (C=O) groups excluding carboxylic acids is 2. The summed E-state index contributed by atoms with van der Waals surface area (Å²) in [4.78, 5) is 46.2. The fourth-order valence-corrected chi connectivity index (χ4v) is 8.51. The number of rotatable bonds is 51. The average Bonchev–Trinajstić information content (AvgIpc) is 3.29. The first-order valence-corrected chi connectivity index (χ1v) is 28.5. The number of hydrogen-bond acceptors (Lipinski definition) is 8. The second-order valence-electron chi connectivity index (χ2n) is 18.4. The van der Waals surface area contributed by atoms with Crippen molar-refractivity contribution in [3.05, 3.63) is 36.5 Å². The smallest absolute Gasteiger partial charge is 0.472 e. The van der Waals surface area contributed by atoms with Crippen molar-refractivity contribution in [3.8, 4) is 0 Å². The van der Waals surface area contributed by atoms with E-state index >= 15 is 0 Å². The molecule has 4 N–H and O–H groups in total. The van der Waals surface area contributed by atoms with E-state index in [1.54, 1.807) is 0 Å². The van der Waals surface area contributed by atoms with Crippen molar-refractivity contribution in [2.24, 2.45) is 0 Å². The minimum atomic E-state index is -4.76. The van der Waals surface area contributed by atoms with E-state index in [0.29, 0.717) is 12.8 Å². The van der Waals surface area contributed by atoms with Crippen LogP contribution in [-0.4, -0.2) is 64.9 Å². The molecular formula is C54H100NO10P. The number of aliphatic hydroxyl groups excluding tert-OH is 1. The Kier molecular flexibility index (Phi) is 47.4. The summed E-state index contributed by atoms with van der Waals surface area (Å²) in [6.07, 6.45) is 55.9. The van der Waals surface area contributed by atoms with Gasteiger partial charge in [-0.3, -0.25) is 18.6 Å². The molecule has 0 radical (unpaired) electrons. The molecule has 0 aliphatic rings. The number of phosphoric ester groups is 1. The third-order valence-electron chi connectivity index (χ3n) is 11.9. The number of esters is 1. The zero-order chi connectivity index (χ0) is 48.4. The van der Waals surface area contributed by atoms with Crippen LogP contribution in [0.5, 0.6) is 0 Å². The molecule has 66 heavy (non-hydrogen) atoms. The molecule has 0 rings (SSSR count). The van der Waals surface area contributed by atoms with Crippen LogP contribution in [0.2, 0.25) is 0 Å². The van der Waals surface area contributed by atoms with E-state index in [2.05, 4.69) is 55.6 Å². The van der Waals surface area contributed by atoms with Crippen LogP contribution in [-0.2, 0) is 32.7 Å². The van der Waals surface area contributed by atoms with Crippen LogP contribution in [0.4, 0.5) is 0 Å². The Morgan fingerprint density at radius 1 is 0.485 bits per heavy atom. The van der Waals surface area contributed by atoms with Crippen LogP contribution >= 0.6 is 7.82 Å². The SMILES string of the molecule is CCCCC/C=C\C/C=C\C/C=C\CCCCCCCCCCC(=O)NC(COP(=O)(O)OCC(O)COC(=O)CCCCCCCCCCCCCCCCCCCCCCC)C(=O)O. The van der Waals surface area contributed by atoms with Crippen LogP contribution < -0.4 is 5.32 Å². The molecule has 0 bridgehead atoms. The molecule has 0 aliphatic carbocycles. The number of hydrogen-bond donors (Lipinski definition) is 4. The number of allylic oxidation sites excluding steroid dienone is 6. The van der Waals surface area contributed by atoms with Crippen molar-refractivity contribution in [1.82, 2.24) is 5.32 Å². The summed E-state index contributed by atoms with van der Waals surface area (Å²) in [5.41, 5.74) is 0. The van der Waals surface area contributed by atoms with Crippen LogP contribution in [0.3, 0.4) is 0 Å². The van der Waals surface area contributed by atoms with Gasteiger partial charge in [0.25, 0.3) is 0 Å². The summed E-state index contributed by atoms with van der Waals surface area (Å²) in [7, 11) is -4.76. The van der Waals surface area contributed by atoms with Gasteiger partial charge in [0, 0.05) is 12.8 Å². The van der Waals surface area contributed by atoms with E-state index in [-0.39, 0.29) is 12.8 Å². The van der Waals surface area contributed by atoms with Gasteiger partial charge in [-0.15, -0.1) is 0 Å². The number of carboxylic acids is 1. The van der Waals surface area contributed by atoms with Crippen molar-refractivity contribution < 1.29 is 47.8 Å². The first-order chi connectivity index (χ1) is 32.1. The molecule has 0 heterocycles. The molecule has 0 fully saturated rings. The molecule has 12 heteroatoms. The van der Waals surface area contributed by atoms with Gasteiger partial charge in [0.2, 0.25) is 5.91 Å². The van der Waals surface area contributed by atoms with Gasteiger partial charge >= 0.3 is 19.8 Å².